The van der Waals surface area contributed by atoms with E-state index < -0.39 is 0 Å². The third kappa shape index (κ3) is 7.76. The number of aromatic nitrogens is 1. The molecule has 32 heavy (non-hydrogen) atoms. The lowest BCUT2D eigenvalue weighted by Crippen LogP contribution is -2.25. The van der Waals surface area contributed by atoms with E-state index >= 15 is 0 Å². The predicted molar refractivity (Wildman–Crippen MR) is 133 cm³/mol. The highest BCUT2D eigenvalue weighted by Gasteiger charge is 2.27. The van der Waals surface area contributed by atoms with Crippen LogP contribution in [0.1, 0.15) is 96.5 Å². The van der Waals surface area contributed by atoms with Crippen molar-refractivity contribution in [2.24, 2.45) is 11.8 Å². The molecule has 2 aromatic rings. The number of aryl methyl sites for hydroxylation is 1. The molecule has 0 bridgehead atoms. The molecule has 1 aliphatic carbocycles. The van der Waals surface area contributed by atoms with E-state index in [-0.39, 0.29) is 11.9 Å². The fraction of sp³-hybridized carbons (Fsp3) is 0.586. The number of carbonyl (C=O) groups is 1. The lowest BCUT2D eigenvalue weighted by atomic mass is 9.80. The molecule has 174 valence electrons. The van der Waals surface area contributed by atoms with E-state index in [0.29, 0.717) is 5.75 Å². The van der Waals surface area contributed by atoms with Gasteiger partial charge in [-0.25, -0.2) is 0 Å². The highest BCUT2D eigenvalue weighted by Crippen LogP contribution is 2.33. The summed E-state index contributed by atoms with van der Waals surface area (Å²) in [6.45, 7) is 4.44. The number of nitrogens with zero attached hydrogens (tertiary/aromatic N) is 1. The third-order valence-electron chi connectivity index (χ3n) is 6.88. The number of pyridine rings is 1. The maximum atomic E-state index is 12.7. The van der Waals surface area contributed by atoms with Crippen molar-refractivity contribution in [2.45, 2.75) is 97.3 Å². The minimum atomic E-state index is -0.0576. The first-order valence-corrected chi connectivity index (χ1v) is 13.0. The molecular weight excluding hydrogens is 394 g/mol. The van der Waals surface area contributed by atoms with E-state index in [0.717, 1.165) is 42.9 Å². The Hall–Kier alpha value is -2.16. The Kier molecular flexibility index (Phi) is 10.3. The van der Waals surface area contributed by atoms with Crippen LogP contribution in [0.4, 0.5) is 0 Å². The molecular formula is C29H41NO2. The van der Waals surface area contributed by atoms with Crippen LogP contribution in [0, 0.1) is 11.8 Å². The summed E-state index contributed by atoms with van der Waals surface area (Å²) in [7, 11) is 0. The lowest BCUT2D eigenvalue weighted by molar-refractivity contribution is -0.140. The predicted octanol–water partition coefficient (Wildman–Crippen LogP) is 8.16. The number of unbranched alkanes of at least 4 members (excludes halogenated alkanes) is 5. The van der Waals surface area contributed by atoms with Crippen LogP contribution in [0.15, 0.2) is 42.6 Å². The summed E-state index contributed by atoms with van der Waals surface area (Å²) in [5.41, 5.74) is 3.26. The van der Waals surface area contributed by atoms with Gasteiger partial charge in [-0.15, -0.1) is 0 Å². The summed E-state index contributed by atoms with van der Waals surface area (Å²) in [4.78, 5) is 17.2. The van der Waals surface area contributed by atoms with Crippen LogP contribution < -0.4 is 4.74 Å². The molecule has 0 spiro atoms. The van der Waals surface area contributed by atoms with Crippen molar-refractivity contribution in [3.8, 4) is 17.0 Å². The van der Waals surface area contributed by atoms with Crippen molar-refractivity contribution in [1.82, 2.24) is 4.98 Å². The van der Waals surface area contributed by atoms with Gasteiger partial charge in [-0.2, -0.15) is 0 Å². The summed E-state index contributed by atoms with van der Waals surface area (Å²) in [6.07, 6.45) is 18.0. The van der Waals surface area contributed by atoms with Gasteiger partial charge >= 0.3 is 5.97 Å². The van der Waals surface area contributed by atoms with E-state index in [1.54, 1.807) is 0 Å². The largest absolute Gasteiger partial charge is 0.426 e. The fourth-order valence-electron chi connectivity index (χ4n) is 4.83. The summed E-state index contributed by atoms with van der Waals surface area (Å²) < 4.78 is 5.71. The van der Waals surface area contributed by atoms with Gasteiger partial charge in [0.1, 0.15) is 5.75 Å². The molecule has 3 nitrogen and oxygen atoms in total. The zero-order valence-corrected chi connectivity index (χ0v) is 20.2. The van der Waals surface area contributed by atoms with Gasteiger partial charge in [0, 0.05) is 11.8 Å². The second-order valence-corrected chi connectivity index (χ2v) is 9.52. The molecule has 0 radical (unpaired) electrons. The van der Waals surface area contributed by atoms with Gasteiger partial charge in [0.05, 0.1) is 11.6 Å². The van der Waals surface area contributed by atoms with Crippen molar-refractivity contribution in [3.05, 3.63) is 48.2 Å². The number of rotatable bonds is 12. The zero-order valence-electron chi connectivity index (χ0n) is 20.2. The maximum Gasteiger partial charge on any atom is 0.314 e. The Morgan fingerprint density at radius 2 is 1.59 bits per heavy atom. The molecule has 3 heteroatoms. The minimum absolute atomic E-state index is 0.0576. The number of hydrogen-bond acceptors (Lipinski definition) is 3. The number of ether oxygens (including phenoxy) is 1. The van der Waals surface area contributed by atoms with E-state index in [1.165, 1.54) is 63.4 Å². The molecule has 1 aromatic carbocycles. The van der Waals surface area contributed by atoms with Crippen LogP contribution in [-0.4, -0.2) is 11.0 Å². The van der Waals surface area contributed by atoms with Crippen molar-refractivity contribution in [3.63, 3.8) is 0 Å². The molecule has 1 fully saturated rings. The molecule has 0 saturated heterocycles. The minimum Gasteiger partial charge on any atom is -0.426 e. The molecule has 1 aliphatic rings. The standard InChI is InChI=1S/C29H41NO2/c1-3-5-6-7-8-9-11-23-12-15-26(16-13-23)29(31)32-27-19-17-25(18-20-27)28-21-14-24(10-4-2)22-30-28/h14,17-23,26H,3-13,15-16H2,1-2H3. The van der Waals surface area contributed by atoms with E-state index in [4.69, 9.17) is 4.74 Å². The first-order chi connectivity index (χ1) is 15.7. The smallest absolute Gasteiger partial charge is 0.314 e. The normalized spacial score (nSPS) is 18.4. The first-order valence-electron chi connectivity index (χ1n) is 13.0. The summed E-state index contributed by atoms with van der Waals surface area (Å²) in [5, 5.41) is 0. The fourth-order valence-corrected chi connectivity index (χ4v) is 4.83. The molecule has 1 aromatic heterocycles. The van der Waals surface area contributed by atoms with Crippen LogP contribution in [-0.2, 0) is 11.2 Å². The topological polar surface area (TPSA) is 39.2 Å². The number of hydrogen-bond donors (Lipinski definition) is 0. The molecule has 1 heterocycles. The number of carbonyl (C=O) groups excluding carboxylic acids is 1. The Balaban J connectivity index is 1.39. The van der Waals surface area contributed by atoms with Crippen molar-refractivity contribution >= 4 is 5.97 Å². The van der Waals surface area contributed by atoms with Gasteiger partial charge in [0.15, 0.2) is 0 Å². The average Bonchev–Trinajstić information content (AvgIpc) is 2.83. The van der Waals surface area contributed by atoms with Crippen LogP contribution in [0.5, 0.6) is 5.75 Å². The highest BCUT2D eigenvalue weighted by molar-refractivity contribution is 5.75. The van der Waals surface area contributed by atoms with Crippen molar-refractivity contribution in [2.75, 3.05) is 0 Å². The average molecular weight is 436 g/mol. The van der Waals surface area contributed by atoms with E-state index in [9.17, 15) is 4.79 Å². The van der Waals surface area contributed by atoms with E-state index in [2.05, 4.69) is 31.0 Å². The summed E-state index contributed by atoms with van der Waals surface area (Å²) >= 11 is 0. The monoisotopic (exact) mass is 435 g/mol. The Morgan fingerprint density at radius 3 is 2.25 bits per heavy atom. The van der Waals surface area contributed by atoms with Gasteiger partial charge < -0.3 is 4.74 Å². The summed E-state index contributed by atoms with van der Waals surface area (Å²) in [5.74, 6) is 1.44. The Labute approximate surface area is 195 Å². The van der Waals surface area contributed by atoms with Crippen LogP contribution in [0.3, 0.4) is 0 Å². The molecule has 0 atom stereocenters. The van der Waals surface area contributed by atoms with Crippen molar-refractivity contribution < 1.29 is 9.53 Å². The quantitative estimate of drug-likeness (QED) is 0.192. The van der Waals surface area contributed by atoms with E-state index in [1.807, 2.05) is 30.5 Å². The second-order valence-electron chi connectivity index (χ2n) is 9.52. The molecule has 0 amide bonds. The van der Waals surface area contributed by atoms with Gasteiger partial charge in [-0.3, -0.25) is 9.78 Å². The third-order valence-corrected chi connectivity index (χ3v) is 6.88. The van der Waals surface area contributed by atoms with Gasteiger partial charge in [0.2, 0.25) is 0 Å². The Morgan fingerprint density at radius 1 is 0.875 bits per heavy atom. The van der Waals surface area contributed by atoms with Crippen LogP contribution in [0.2, 0.25) is 0 Å². The summed E-state index contributed by atoms with van der Waals surface area (Å²) in [6, 6.07) is 12.0. The first kappa shape index (κ1) is 24.5. The van der Waals surface area contributed by atoms with Gasteiger partial charge in [-0.05, 0) is 73.9 Å². The van der Waals surface area contributed by atoms with Crippen LogP contribution >= 0.6 is 0 Å². The number of esters is 1. The van der Waals surface area contributed by atoms with Crippen LogP contribution in [0.25, 0.3) is 11.3 Å². The van der Waals surface area contributed by atoms with Gasteiger partial charge in [-0.1, -0.05) is 71.3 Å². The lowest BCUT2D eigenvalue weighted by Gasteiger charge is -2.27. The highest BCUT2D eigenvalue weighted by atomic mass is 16.5. The maximum absolute atomic E-state index is 12.7. The molecule has 0 N–H and O–H groups in total. The van der Waals surface area contributed by atoms with Gasteiger partial charge in [0.25, 0.3) is 0 Å². The Bertz CT molecular complexity index is 789. The molecule has 0 unspecified atom stereocenters. The molecule has 3 rings (SSSR count). The SMILES string of the molecule is CCCCCCCCC1CCC(C(=O)Oc2ccc(-c3ccc(CCC)cn3)cc2)CC1. The second kappa shape index (κ2) is 13.4. The zero-order chi connectivity index (χ0) is 22.6. The molecule has 1 saturated carbocycles. The number of benzene rings is 1. The molecule has 0 aliphatic heterocycles. The van der Waals surface area contributed by atoms with Crippen molar-refractivity contribution in [1.29, 1.82) is 0 Å².